The molecule has 2 aliphatic heterocycles. The molecule has 0 radical (unpaired) electrons. The van der Waals surface area contributed by atoms with Gasteiger partial charge in [-0.1, -0.05) is 38.5 Å². The van der Waals surface area contributed by atoms with Gasteiger partial charge < -0.3 is 21.1 Å². The molecule has 50 heavy (non-hydrogen) atoms. The lowest BCUT2D eigenvalue weighted by Gasteiger charge is -2.27. The zero-order chi connectivity index (χ0) is 37.2. The first-order valence-corrected chi connectivity index (χ1v) is 19.0. The minimum Gasteiger partial charge on any atom is -0.480 e. The second kappa shape index (κ2) is 14.6. The van der Waals surface area contributed by atoms with E-state index in [1.54, 1.807) is 12.1 Å². The van der Waals surface area contributed by atoms with Crippen LogP contribution in [0.4, 0.5) is 11.4 Å². The summed E-state index contributed by atoms with van der Waals surface area (Å²) < 4.78 is 68.7. The molecule has 13 nitrogen and oxygen atoms in total. The Hall–Kier alpha value is -4.15. The van der Waals surface area contributed by atoms with Crippen molar-refractivity contribution in [2.45, 2.75) is 80.0 Å². The van der Waals surface area contributed by atoms with Gasteiger partial charge in [-0.15, -0.1) is 0 Å². The topological polar surface area (TPSA) is 207 Å². The van der Waals surface area contributed by atoms with E-state index in [-0.39, 0.29) is 28.7 Å². The predicted octanol–water partition coefficient (Wildman–Crippen LogP) is 4.07. The van der Waals surface area contributed by atoms with Crippen LogP contribution in [0.5, 0.6) is 0 Å². The molecule has 1 atom stereocenters. The lowest BCUT2D eigenvalue weighted by Crippen LogP contribution is -2.42. The number of carbonyl (C=O) groups excluding carboxylic acids is 1. The van der Waals surface area contributed by atoms with Crippen molar-refractivity contribution in [2.75, 3.05) is 25.0 Å². The van der Waals surface area contributed by atoms with Crippen molar-refractivity contribution < 1.29 is 45.2 Å². The fraction of sp³-hybridized carbons (Fsp3) is 0.400. The van der Waals surface area contributed by atoms with Crippen molar-refractivity contribution in [1.82, 2.24) is 5.32 Å². The summed E-state index contributed by atoms with van der Waals surface area (Å²) in [6.45, 7) is 8.34. The van der Waals surface area contributed by atoms with E-state index in [1.807, 2.05) is 69.7 Å². The van der Waals surface area contributed by atoms with Crippen molar-refractivity contribution in [3.63, 3.8) is 0 Å². The van der Waals surface area contributed by atoms with E-state index in [2.05, 4.69) is 10.2 Å². The number of allylic oxidation sites excluding steroid dienone is 6. The molecule has 0 fully saturated rings. The number of carboxylic acids is 1. The Morgan fingerprint density at radius 2 is 1.52 bits per heavy atom. The van der Waals surface area contributed by atoms with E-state index in [9.17, 15) is 35.5 Å². The molecule has 1 amide bonds. The maximum absolute atomic E-state index is 12.1. The van der Waals surface area contributed by atoms with E-state index in [0.717, 1.165) is 33.9 Å². The molecule has 0 saturated carbocycles. The molecule has 2 aliphatic rings. The molecule has 2 aromatic rings. The van der Waals surface area contributed by atoms with Crippen LogP contribution in [0.3, 0.4) is 0 Å². The number of carbonyl (C=O) groups is 2. The van der Waals surface area contributed by atoms with Crippen LogP contribution in [-0.2, 0) is 40.7 Å². The molecular formula is C35H45N4O9S2+. The van der Waals surface area contributed by atoms with Crippen molar-refractivity contribution in [3.05, 3.63) is 83.6 Å². The summed E-state index contributed by atoms with van der Waals surface area (Å²) in [7, 11) is -6.88. The van der Waals surface area contributed by atoms with Crippen molar-refractivity contribution >= 4 is 49.2 Å². The Morgan fingerprint density at radius 3 is 2.14 bits per heavy atom. The summed E-state index contributed by atoms with van der Waals surface area (Å²) in [5.74, 6) is -1.46. The number of amides is 1. The Labute approximate surface area is 293 Å². The number of benzene rings is 2. The summed E-state index contributed by atoms with van der Waals surface area (Å²) in [6, 6.07) is 7.94. The third-order valence-corrected chi connectivity index (χ3v) is 11.0. The molecule has 2 aromatic carbocycles. The number of hydrogen-bond donors (Lipinski definition) is 5. The number of unbranched alkanes of at least 4 members (excludes halogenated alkanes) is 2. The molecular weight excluding hydrogens is 685 g/mol. The quantitative estimate of drug-likeness (QED) is 0.0811. The summed E-state index contributed by atoms with van der Waals surface area (Å²) in [6.07, 6.45) is 11.7. The van der Waals surface area contributed by atoms with Gasteiger partial charge in [-0.2, -0.15) is 21.4 Å². The van der Waals surface area contributed by atoms with E-state index in [0.29, 0.717) is 25.8 Å². The van der Waals surface area contributed by atoms with Crippen LogP contribution in [0.2, 0.25) is 0 Å². The minimum atomic E-state index is -4.42. The lowest BCUT2D eigenvalue weighted by molar-refractivity contribution is -0.401. The zero-order valence-electron chi connectivity index (χ0n) is 28.8. The highest BCUT2D eigenvalue weighted by atomic mass is 32.2. The molecule has 15 heteroatoms. The molecule has 0 aliphatic carbocycles. The Bertz CT molecular complexity index is 2030. The molecule has 0 bridgehead atoms. The zero-order valence-corrected chi connectivity index (χ0v) is 30.4. The highest BCUT2D eigenvalue weighted by molar-refractivity contribution is 7.86. The van der Waals surface area contributed by atoms with Gasteiger partial charge in [-0.3, -0.25) is 18.7 Å². The molecule has 0 unspecified atom stereocenters. The summed E-state index contributed by atoms with van der Waals surface area (Å²) >= 11 is 0. The van der Waals surface area contributed by atoms with Gasteiger partial charge in [0.1, 0.15) is 13.1 Å². The van der Waals surface area contributed by atoms with Crippen LogP contribution in [0, 0.1) is 0 Å². The highest BCUT2D eigenvalue weighted by Gasteiger charge is 2.44. The normalized spacial score (nSPS) is 18.2. The van der Waals surface area contributed by atoms with Gasteiger partial charge in [0.25, 0.3) is 20.2 Å². The number of rotatable bonds is 14. The average molecular weight is 730 g/mol. The largest absolute Gasteiger partial charge is 0.480 e. The summed E-state index contributed by atoms with van der Waals surface area (Å²) in [5, 5.41) is 11.4. The van der Waals surface area contributed by atoms with Gasteiger partial charge in [-0.05, 0) is 68.7 Å². The van der Waals surface area contributed by atoms with Gasteiger partial charge in [0, 0.05) is 54.0 Å². The highest BCUT2D eigenvalue weighted by Crippen LogP contribution is 2.48. The number of carboxylic acid groups (broad SMARTS) is 1. The number of hydrogen-bond acceptors (Lipinski definition) is 8. The lowest BCUT2D eigenvalue weighted by atomic mass is 9.81. The van der Waals surface area contributed by atoms with Gasteiger partial charge in [0.2, 0.25) is 11.6 Å². The molecule has 6 N–H and O–H groups in total. The van der Waals surface area contributed by atoms with Crippen LogP contribution < -0.4 is 16.0 Å². The maximum atomic E-state index is 12.1. The van der Waals surface area contributed by atoms with Crippen LogP contribution in [0.15, 0.2) is 82.3 Å². The van der Waals surface area contributed by atoms with E-state index in [1.165, 1.54) is 24.3 Å². The Morgan fingerprint density at radius 1 is 0.900 bits per heavy atom. The molecule has 0 spiro atoms. The molecule has 270 valence electrons. The van der Waals surface area contributed by atoms with Gasteiger partial charge >= 0.3 is 5.97 Å². The van der Waals surface area contributed by atoms with Crippen molar-refractivity contribution in [1.29, 1.82) is 0 Å². The van der Waals surface area contributed by atoms with Crippen molar-refractivity contribution in [3.8, 4) is 0 Å². The molecule has 0 saturated heterocycles. The first-order valence-electron chi connectivity index (χ1n) is 16.1. The first-order chi connectivity index (χ1) is 23.2. The number of nitrogens with zero attached hydrogens (tertiary/aromatic N) is 2. The van der Waals surface area contributed by atoms with E-state index >= 15 is 0 Å². The van der Waals surface area contributed by atoms with Crippen molar-refractivity contribution in [2.24, 2.45) is 5.73 Å². The summed E-state index contributed by atoms with van der Waals surface area (Å²) in [5.41, 5.74) is 9.25. The second-order valence-corrected chi connectivity index (χ2v) is 16.4. The molecule has 4 rings (SSSR count). The fourth-order valence-electron chi connectivity index (χ4n) is 6.52. The van der Waals surface area contributed by atoms with Crippen LogP contribution in [0.1, 0.15) is 64.5 Å². The van der Waals surface area contributed by atoms with Crippen LogP contribution >= 0.6 is 0 Å². The molecule has 2 heterocycles. The van der Waals surface area contributed by atoms with E-state index in [4.69, 9.17) is 10.8 Å². The monoisotopic (exact) mass is 729 g/mol. The Balaban J connectivity index is 1.52. The third-order valence-electron chi connectivity index (χ3n) is 9.32. The number of fused-ring (bicyclic) bond motifs is 2. The van der Waals surface area contributed by atoms with Crippen LogP contribution in [0.25, 0.3) is 0 Å². The second-order valence-electron chi connectivity index (χ2n) is 13.5. The standard InChI is InChI=1S/C35H44N4O9S2/c1-34(2)25-20-23(49(43,44)45)15-17-28(25)38(5)30(34)12-8-6-9-13-31-35(3,4)26-21-24(50(46,47)48)16-18-29(26)39(31)19-11-7-10-14-32(40)37-22-27(36)33(41)42/h6,8-9,12-13,15-18,20-21,27H,7,10-11,14,19,22,36H2,1-5H3,(H3-,37,40,41,42,43,44,45,46,47,48)/p+1/t27-/m1/s1. The van der Waals surface area contributed by atoms with Gasteiger partial charge in [0.05, 0.1) is 15.2 Å². The smallest absolute Gasteiger partial charge is 0.322 e. The third kappa shape index (κ3) is 8.24. The molecule has 0 aromatic heterocycles. The van der Waals surface area contributed by atoms with E-state index < -0.39 is 43.1 Å². The van der Waals surface area contributed by atoms with Crippen LogP contribution in [-0.4, -0.2) is 79.4 Å². The number of anilines is 1. The Kier molecular flexibility index (Phi) is 11.3. The number of nitrogens with one attached hydrogen (secondary N) is 1. The predicted molar refractivity (Wildman–Crippen MR) is 190 cm³/mol. The maximum Gasteiger partial charge on any atom is 0.322 e. The van der Waals surface area contributed by atoms with Gasteiger partial charge in [0.15, 0.2) is 5.71 Å². The first kappa shape index (κ1) is 38.6. The fourth-order valence-corrected chi connectivity index (χ4v) is 7.53. The minimum absolute atomic E-state index is 0.143. The SMILES string of the molecule is C[N+]1=C(/C=C/C=C/C=C2/N(CCCCCC(=O)NC[C@@H](N)C(=O)O)c3ccc(S(=O)(=O)O)cc3C2(C)C)C(C)(C)c2cc(S(=O)(=O)O)ccc21. The number of nitrogens with two attached hydrogens (primary N) is 1. The van der Waals surface area contributed by atoms with Gasteiger partial charge in [-0.25, -0.2) is 0 Å². The summed E-state index contributed by atoms with van der Waals surface area (Å²) in [4.78, 5) is 24.7. The number of aliphatic carboxylic acids is 1. The average Bonchev–Trinajstić information content (AvgIpc) is 3.35.